The summed E-state index contributed by atoms with van der Waals surface area (Å²) in [5, 5.41) is 0. The SMILES string of the molecule is CC(=O)/C=C/CN1CCN(C2CC2)CC1. The first-order valence-corrected chi connectivity index (χ1v) is 5.89. The monoisotopic (exact) mass is 208 g/mol. The molecule has 84 valence electrons. The number of hydrogen-bond donors (Lipinski definition) is 0. The van der Waals surface area contributed by atoms with Crippen molar-refractivity contribution >= 4 is 5.78 Å². The summed E-state index contributed by atoms with van der Waals surface area (Å²) in [4.78, 5) is 15.7. The standard InChI is InChI=1S/C12H20N2O/c1-11(15)3-2-6-13-7-9-14(10-8-13)12-4-5-12/h2-3,12H,4-10H2,1H3/b3-2+. The maximum atomic E-state index is 10.7. The molecule has 0 radical (unpaired) electrons. The Morgan fingerprint density at radius 2 is 1.93 bits per heavy atom. The smallest absolute Gasteiger partial charge is 0.152 e. The number of ketones is 1. The Morgan fingerprint density at radius 1 is 1.27 bits per heavy atom. The van der Waals surface area contributed by atoms with Crippen molar-refractivity contribution < 1.29 is 4.79 Å². The molecule has 15 heavy (non-hydrogen) atoms. The quantitative estimate of drug-likeness (QED) is 0.642. The van der Waals surface area contributed by atoms with Gasteiger partial charge in [-0.3, -0.25) is 14.6 Å². The fourth-order valence-electron chi connectivity index (χ4n) is 2.12. The van der Waals surface area contributed by atoms with Gasteiger partial charge in [0, 0.05) is 38.8 Å². The van der Waals surface area contributed by atoms with Crippen molar-refractivity contribution in [1.29, 1.82) is 0 Å². The molecule has 2 rings (SSSR count). The molecule has 0 atom stereocenters. The predicted octanol–water partition coefficient (Wildman–Crippen LogP) is 0.912. The molecule has 0 aromatic heterocycles. The molecule has 3 nitrogen and oxygen atoms in total. The van der Waals surface area contributed by atoms with Crippen molar-refractivity contribution in [2.24, 2.45) is 0 Å². The van der Waals surface area contributed by atoms with Crippen LogP contribution in [0.5, 0.6) is 0 Å². The number of allylic oxidation sites excluding steroid dienone is 1. The van der Waals surface area contributed by atoms with Crippen LogP contribution in [-0.4, -0.2) is 54.3 Å². The Balaban J connectivity index is 1.66. The van der Waals surface area contributed by atoms with Gasteiger partial charge in [0.25, 0.3) is 0 Å². The fraction of sp³-hybridized carbons (Fsp3) is 0.750. The molecule has 0 aromatic rings. The highest BCUT2D eigenvalue weighted by molar-refractivity contribution is 5.87. The lowest BCUT2D eigenvalue weighted by atomic mass is 10.3. The van der Waals surface area contributed by atoms with Gasteiger partial charge >= 0.3 is 0 Å². The third-order valence-electron chi connectivity index (χ3n) is 3.19. The van der Waals surface area contributed by atoms with Crippen LogP contribution in [0.25, 0.3) is 0 Å². The van der Waals surface area contributed by atoms with Gasteiger partial charge < -0.3 is 0 Å². The number of carbonyl (C=O) groups excluding carboxylic acids is 1. The fourth-order valence-corrected chi connectivity index (χ4v) is 2.12. The van der Waals surface area contributed by atoms with Crippen LogP contribution in [0.4, 0.5) is 0 Å². The van der Waals surface area contributed by atoms with Crippen LogP contribution < -0.4 is 0 Å². The minimum atomic E-state index is 0.145. The normalized spacial score (nSPS) is 24.9. The van der Waals surface area contributed by atoms with Crippen molar-refractivity contribution in [3.63, 3.8) is 0 Å². The van der Waals surface area contributed by atoms with Crippen LogP contribution in [0.2, 0.25) is 0 Å². The van der Waals surface area contributed by atoms with E-state index in [1.807, 2.05) is 6.08 Å². The number of rotatable bonds is 4. The first-order chi connectivity index (χ1) is 7.25. The van der Waals surface area contributed by atoms with Gasteiger partial charge in [0.15, 0.2) is 5.78 Å². The Labute approximate surface area is 91.7 Å². The second kappa shape index (κ2) is 4.90. The zero-order chi connectivity index (χ0) is 10.7. The Morgan fingerprint density at radius 3 is 2.47 bits per heavy atom. The van der Waals surface area contributed by atoms with Crippen molar-refractivity contribution in [3.05, 3.63) is 12.2 Å². The molecule has 1 aliphatic carbocycles. The third-order valence-corrected chi connectivity index (χ3v) is 3.19. The summed E-state index contributed by atoms with van der Waals surface area (Å²) in [6.45, 7) is 7.24. The lowest BCUT2D eigenvalue weighted by Crippen LogP contribution is -2.47. The maximum Gasteiger partial charge on any atom is 0.152 e. The lowest BCUT2D eigenvalue weighted by Gasteiger charge is -2.34. The molecule has 0 unspecified atom stereocenters. The first-order valence-electron chi connectivity index (χ1n) is 5.89. The van der Waals surface area contributed by atoms with Crippen LogP contribution >= 0.6 is 0 Å². The highest BCUT2D eigenvalue weighted by Crippen LogP contribution is 2.27. The Kier molecular flexibility index (Phi) is 3.54. The summed E-state index contributed by atoms with van der Waals surface area (Å²) < 4.78 is 0. The second-order valence-corrected chi connectivity index (χ2v) is 4.58. The topological polar surface area (TPSA) is 23.6 Å². The Bertz CT molecular complexity index is 250. The van der Waals surface area contributed by atoms with Gasteiger partial charge in [-0.15, -0.1) is 0 Å². The predicted molar refractivity (Wildman–Crippen MR) is 60.9 cm³/mol. The number of hydrogen-bond acceptors (Lipinski definition) is 3. The van der Waals surface area contributed by atoms with E-state index in [0.717, 1.165) is 25.7 Å². The van der Waals surface area contributed by atoms with Crippen molar-refractivity contribution in [3.8, 4) is 0 Å². The van der Waals surface area contributed by atoms with Gasteiger partial charge in [-0.05, 0) is 25.8 Å². The molecule has 0 spiro atoms. The average Bonchev–Trinajstić information content (AvgIpc) is 3.02. The largest absolute Gasteiger partial charge is 0.298 e. The molecule has 2 fully saturated rings. The average molecular weight is 208 g/mol. The summed E-state index contributed by atoms with van der Waals surface area (Å²) >= 11 is 0. The molecule has 0 aromatic carbocycles. The van der Waals surface area contributed by atoms with Gasteiger partial charge in [-0.25, -0.2) is 0 Å². The molecule has 1 aliphatic heterocycles. The van der Waals surface area contributed by atoms with Crippen LogP contribution in [0.3, 0.4) is 0 Å². The lowest BCUT2D eigenvalue weighted by molar-refractivity contribution is -0.112. The second-order valence-electron chi connectivity index (χ2n) is 4.58. The highest BCUT2D eigenvalue weighted by atomic mass is 16.1. The van der Waals surface area contributed by atoms with E-state index in [2.05, 4.69) is 9.80 Å². The van der Waals surface area contributed by atoms with E-state index >= 15 is 0 Å². The molecule has 0 N–H and O–H groups in total. The van der Waals surface area contributed by atoms with Gasteiger partial charge in [-0.2, -0.15) is 0 Å². The number of nitrogens with zero attached hydrogens (tertiary/aromatic N) is 2. The van der Waals surface area contributed by atoms with E-state index in [4.69, 9.17) is 0 Å². The van der Waals surface area contributed by atoms with Crippen LogP contribution in [0, 0.1) is 0 Å². The van der Waals surface area contributed by atoms with Crippen molar-refractivity contribution in [1.82, 2.24) is 9.80 Å². The van der Waals surface area contributed by atoms with Crippen molar-refractivity contribution in [2.45, 2.75) is 25.8 Å². The van der Waals surface area contributed by atoms with Gasteiger partial charge in [0.2, 0.25) is 0 Å². The van der Waals surface area contributed by atoms with E-state index in [1.54, 1.807) is 13.0 Å². The molecule has 1 saturated carbocycles. The van der Waals surface area contributed by atoms with Crippen LogP contribution in [0.15, 0.2) is 12.2 Å². The molecule has 1 saturated heterocycles. The van der Waals surface area contributed by atoms with Gasteiger partial charge in [0.1, 0.15) is 0 Å². The summed E-state index contributed by atoms with van der Waals surface area (Å²) in [7, 11) is 0. The summed E-state index contributed by atoms with van der Waals surface area (Å²) in [5.74, 6) is 0.145. The summed E-state index contributed by atoms with van der Waals surface area (Å²) in [5.41, 5.74) is 0. The van der Waals surface area contributed by atoms with Crippen LogP contribution in [0.1, 0.15) is 19.8 Å². The molecule has 0 amide bonds. The molecular formula is C12H20N2O. The van der Waals surface area contributed by atoms with E-state index in [9.17, 15) is 4.79 Å². The maximum absolute atomic E-state index is 10.7. The third kappa shape index (κ3) is 3.43. The minimum Gasteiger partial charge on any atom is -0.298 e. The van der Waals surface area contributed by atoms with Gasteiger partial charge in [-0.1, -0.05) is 6.08 Å². The van der Waals surface area contributed by atoms with E-state index < -0.39 is 0 Å². The Hall–Kier alpha value is -0.670. The zero-order valence-electron chi connectivity index (χ0n) is 9.48. The molecular weight excluding hydrogens is 188 g/mol. The molecule has 1 heterocycles. The number of carbonyl (C=O) groups is 1. The number of piperazine rings is 1. The van der Waals surface area contributed by atoms with E-state index in [0.29, 0.717) is 0 Å². The van der Waals surface area contributed by atoms with Gasteiger partial charge in [0.05, 0.1) is 0 Å². The summed E-state index contributed by atoms with van der Waals surface area (Å²) in [6.07, 6.45) is 6.47. The van der Waals surface area contributed by atoms with E-state index in [1.165, 1.54) is 25.9 Å². The molecule has 3 heteroatoms. The summed E-state index contributed by atoms with van der Waals surface area (Å²) in [6, 6.07) is 0.903. The highest BCUT2D eigenvalue weighted by Gasteiger charge is 2.30. The minimum absolute atomic E-state index is 0.145. The van der Waals surface area contributed by atoms with Crippen molar-refractivity contribution in [2.75, 3.05) is 32.7 Å². The zero-order valence-corrected chi connectivity index (χ0v) is 9.48. The van der Waals surface area contributed by atoms with Crippen LogP contribution in [-0.2, 0) is 4.79 Å². The molecule has 0 bridgehead atoms. The first kappa shape index (κ1) is 10.8. The van der Waals surface area contributed by atoms with E-state index in [-0.39, 0.29) is 5.78 Å². The molecule has 2 aliphatic rings.